The molecule has 0 saturated heterocycles. The van der Waals surface area contributed by atoms with Gasteiger partial charge in [0.05, 0.1) is 9.77 Å². The maximum absolute atomic E-state index is 12.2. The van der Waals surface area contributed by atoms with Crippen LogP contribution in [-0.2, 0) is 10.0 Å². The van der Waals surface area contributed by atoms with E-state index >= 15 is 0 Å². The van der Waals surface area contributed by atoms with E-state index in [0.29, 0.717) is 15.7 Å². The van der Waals surface area contributed by atoms with Gasteiger partial charge in [0, 0.05) is 10.9 Å². The van der Waals surface area contributed by atoms with Gasteiger partial charge in [0.2, 0.25) is 10.0 Å². The lowest BCUT2D eigenvalue weighted by molar-refractivity contribution is 0.0925. The van der Waals surface area contributed by atoms with Gasteiger partial charge >= 0.3 is 0 Å². The summed E-state index contributed by atoms with van der Waals surface area (Å²) in [5.74, 6) is 0.422. The van der Waals surface area contributed by atoms with E-state index < -0.39 is 10.0 Å². The monoisotopic (exact) mass is 316 g/mol. The smallest absolute Gasteiger partial charge is 0.261 e. The second-order valence-corrected chi connectivity index (χ2v) is 8.30. The van der Waals surface area contributed by atoms with Gasteiger partial charge in [-0.2, -0.15) is 0 Å². The van der Waals surface area contributed by atoms with Crippen LogP contribution in [0.2, 0.25) is 0 Å². The second-order valence-electron chi connectivity index (χ2n) is 5.52. The summed E-state index contributed by atoms with van der Waals surface area (Å²) in [7, 11) is -3.76. The Kier molecular flexibility index (Phi) is 4.51. The lowest BCUT2D eigenvalue weighted by Crippen LogP contribution is -2.37. The highest BCUT2D eigenvalue weighted by Crippen LogP contribution is 2.27. The van der Waals surface area contributed by atoms with Gasteiger partial charge in [0.1, 0.15) is 0 Å². The number of hydrogen-bond acceptors (Lipinski definition) is 4. The number of hydrogen-bond donors (Lipinski definition) is 2. The molecular weight excluding hydrogens is 296 g/mol. The van der Waals surface area contributed by atoms with Crippen LogP contribution in [0, 0.1) is 12.8 Å². The van der Waals surface area contributed by atoms with Gasteiger partial charge < -0.3 is 5.32 Å². The zero-order chi connectivity index (χ0) is 14.9. The summed E-state index contributed by atoms with van der Waals surface area (Å²) in [6, 6.07) is 1.56. The molecule has 3 N–H and O–H groups in total. The first-order valence-corrected chi connectivity index (χ1v) is 9.07. The van der Waals surface area contributed by atoms with Gasteiger partial charge in [-0.3, -0.25) is 4.79 Å². The fraction of sp³-hybridized carbons (Fsp3) is 0.615. The molecular formula is C13H20N2O3S2. The molecule has 5 nitrogen and oxygen atoms in total. The molecule has 1 aliphatic carbocycles. The fourth-order valence-electron chi connectivity index (χ4n) is 2.68. The molecule has 2 atom stereocenters. The van der Waals surface area contributed by atoms with Crippen LogP contribution >= 0.6 is 11.3 Å². The lowest BCUT2D eigenvalue weighted by atomic mass is 9.87. The van der Waals surface area contributed by atoms with Crippen molar-refractivity contribution in [1.82, 2.24) is 5.32 Å². The zero-order valence-electron chi connectivity index (χ0n) is 11.7. The quantitative estimate of drug-likeness (QED) is 0.894. The van der Waals surface area contributed by atoms with Gasteiger partial charge in [-0.1, -0.05) is 19.8 Å². The van der Waals surface area contributed by atoms with Crippen LogP contribution in [0.5, 0.6) is 0 Å². The van der Waals surface area contributed by atoms with Gasteiger partial charge in [-0.15, -0.1) is 11.3 Å². The van der Waals surface area contributed by atoms with Crippen molar-refractivity contribution in [1.29, 1.82) is 0 Å². The highest BCUT2D eigenvalue weighted by Gasteiger charge is 2.23. The highest BCUT2D eigenvalue weighted by molar-refractivity contribution is 7.89. The predicted molar refractivity (Wildman–Crippen MR) is 79.3 cm³/mol. The first-order valence-electron chi connectivity index (χ1n) is 6.71. The maximum Gasteiger partial charge on any atom is 0.261 e. The van der Waals surface area contributed by atoms with E-state index in [9.17, 15) is 13.2 Å². The first kappa shape index (κ1) is 15.5. The van der Waals surface area contributed by atoms with Crippen LogP contribution in [0.4, 0.5) is 0 Å². The summed E-state index contributed by atoms with van der Waals surface area (Å²) in [4.78, 5) is 13.2. The van der Waals surface area contributed by atoms with Crippen LogP contribution in [0.15, 0.2) is 11.0 Å². The van der Waals surface area contributed by atoms with Crippen molar-refractivity contribution in [2.45, 2.75) is 50.5 Å². The lowest BCUT2D eigenvalue weighted by Gasteiger charge is -2.27. The number of thiophene rings is 1. The Balaban J connectivity index is 2.10. The van der Waals surface area contributed by atoms with E-state index in [1.54, 1.807) is 6.92 Å². The zero-order valence-corrected chi connectivity index (χ0v) is 13.3. The molecule has 20 heavy (non-hydrogen) atoms. The minimum atomic E-state index is -3.76. The molecule has 1 aliphatic rings. The molecule has 1 fully saturated rings. The van der Waals surface area contributed by atoms with E-state index in [0.717, 1.165) is 19.3 Å². The Morgan fingerprint density at radius 1 is 1.45 bits per heavy atom. The van der Waals surface area contributed by atoms with Gasteiger partial charge in [0.15, 0.2) is 0 Å². The molecule has 7 heteroatoms. The van der Waals surface area contributed by atoms with Crippen molar-refractivity contribution in [3.05, 3.63) is 15.8 Å². The second kappa shape index (κ2) is 5.83. The van der Waals surface area contributed by atoms with E-state index in [1.807, 2.05) is 0 Å². The van der Waals surface area contributed by atoms with E-state index in [-0.39, 0.29) is 16.8 Å². The summed E-state index contributed by atoms with van der Waals surface area (Å²) < 4.78 is 22.8. The van der Waals surface area contributed by atoms with Gasteiger partial charge in [-0.25, -0.2) is 13.6 Å². The van der Waals surface area contributed by atoms with Crippen LogP contribution in [0.1, 0.15) is 47.2 Å². The number of carbonyl (C=O) groups excluding carboxylic acids is 1. The predicted octanol–water partition coefficient (Wildman–Crippen LogP) is 2.01. The van der Waals surface area contributed by atoms with E-state index in [2.05, 4.69) is 12.2 Å². The molecule has 112 valence electrons. The first-order chi connectivity index (χ1) is 9.27. The van der Waals surface area contributed by atoms with Crippen LogP contribution in [-0.4, -0.2) is 20.4 Å². The average molecular weight is 316 g/mol. The van der Waals surface area contributed by atoms with Crippen molar-refractivity contribution in [2.75, 3.05) is 0 Å². The molecule has 0 bridgehead atoms. The highest BCUT2D eigenvalue weighted by atomic mass is 32.2. The number of carbonyl (C=O) groups is 1. The van der Waals surface area contributed by atoms with E-state index in [4.69, 9.17) is 5.14 Å². The van der Waals surface area contributed by atoms with Crippen molar-refractivity contribution < 1.29 is 13.2 Å². The molecule has 0 aromatic carbocycles. The fourth-order valence-corrected chi connectivity index (χ4v) is 4.73. The van der Waals surface area contributed by atoms with Crippen molar-refractivity contribution >= 4 is 27.3 Å². The Morgan fingerprint density at radius 3 is 2.70 bits per heavy atom. The number of rotatable bonds is 3. The largest absolute Gasteiger partial charge is 0.349 e. The normalized spacial score (nSPS) is 23.6. The minimum absolute atomic E-state index is 0.0460. The molecule has 2 rings (SSSR count). The Morgan fingerprint density at radius 2 is 2.15 bits per heavy atom. The third kappa shape index (κ3) is 3.59. The number of amides is 1. The summed E-state index contributed by atoms with van der Waals surface area (Å²) in [6.07, 6.45) is 4.30. The molecule has 2 unspecified atom stereocenters. The van der Waals surface area contributed by atoms with Gasteiger partial charge in [0.25, 0.3) is 5.91 Å². The third-order valence-corrected chi connectivity index (χ3v) is 5.89. The maximum atomic E-state index is 12.2. The van der Waals surface area contributed by atoms with Crippen LogP contribution < -0.4 is 10.5 Å². The molecule has 0 radical (unpaired) electrons. The number of nitrogens with one attached hydrogen (secondary N) is 1. The summed E-state index contributed by atoms with van der Waals surface area (Å²) in [5.41, 5.74) is 0. The molecule has 1 amide bonds. The number of sulfonamides is 1. The summed E-state index contributed by atoms with van der Waals surface area (Å²) in [5, 5.41) is 8.11. The number of aryl methyl sites for hydroxylation is 1. The average Bonchev–Trinajstić information content (AvgIpc) is 2.71. The van der Waals surface area contributed by atoms with Crippen LogP contribution in [0.25, 0.3) is 0 Å². The van der Waals surface area contributed by atoms with Crippen LogP contribution in [0.3, 0.4) is 0 Å². The Hall–Kier alpha value is -0.920. The Labute approximate surface area is 123 Å². The standard InChI is InChI=1S/C13H20N2O3S2/c1-8-4-3-5-10(6-8)15-13(16)11-7-12(9(2)19-11)20(14,17)18/h7-8,10H,3-6H2,1-2H3,(H,15,16)(H2,14,17,18). The van der Waals surface area contributed by atoms with E-state index in [1.165, 1.54) is 23.8 Å². The molecule has 0 aliphatic heterocycles. The molecule has 1 aromatic rings. The molecule has 1 saturated carbocycles. The van der Waals surface area contributed by atoms with Crippen molar-refractivity contribution in [3.63, 3.8) is 0 Å². The minimum Gasteiger partial charge on any atom is -0.349 e. The number of primary sulfonamides is 1. The van der Waals surface area contributed by atoms with Crippen molar-refractivity contribution in [3.8, 4) is 0 Å². The van der Waals surface area contributed by atoms with Gasteiger partial charge in [-0.05, 0) is 31.7 Å². The van der Waals surface area contributed by atoms with Crippen molar-refractivity contribution in [2.24, 2.45) is 11.1 Å². The molecule has 0 spiro atoms. The SMILES string of the molecule is Cc1sc(C(=O)NC2CCCC(C)C2)cc1S(N)(=O)=O. The topological polar surface area (TPSA) is 89.3 Å². The molecule has 1 heterocycles. The Bertz CT molecular complexity index is 607. The third-order valence-electron chi connectivity index (χ3n) is 3.67. The summed E-state index contributed by atoms with van der Waals surface area (Å²) >= 11 is 1.17. The number of nitrogens with two attached hydrogens (primary N) is 1. The molecule has 1 aromatic heterocycles. The summed E-state index contributed by atoms with van der Waals surface area (Å²) in [6.45, 7) is 3.84.